The molecule has 5 nitrogen and oxygen atoms in total. The van der Waals surface area contributed by atoms with Crippen molar-refractivity contribution < 1.29 is 14.3 Å². The zero-order valence-corrected chi connectivity index (χ0v) is 13.8. The van der Waals surface area contributed by atoms with Crippen LogP contribution in [0.25, 0.3) is 0 Å². The molecule has 2 rings (SSSR count). The minimum absolute atomic E-state index is 0.0233. The maximum Gasteiger partial charge on any atom is 0.317 e. The van der Waals surface area contributed by atoms with E-state index in [0.717, 1.165) is 38.3 Å². The molecule has 1 N–H and O–H groups in total. The zero-order chi connectivity index (χ0) is 15.8. The van der Waals surface area contributed by atoms with Gasteiger partial charge < -0.3 is 15.0 Å². The summed E-state index contributed by atoms with van der Waals surface area (Å²) in [7, 11) is 0. The lowest BCUT2D eigenvalue weighted by atomic mass is 9.87. The molecule has 0 aromatic carbocycles. The van der Waals surface area contributed by atoms with E-state index in [0.29, 0.717) is 13.2 Å². The highest BCUT2D eigenvalue weighted by Crippen LogP contribution is 2.25. The summed E-state index contributed by atoms with van der Waals surface area (Å²) in [5.41, 5.74) is 0. The predicted octanol–water partition coefficient (Wildman–Crippen LogP) is 2.94. The largest absolute Gasteiger partial charge is 0.466 e. The van der Waals surface area contributed by atoms with Gasteiger partial charge in [0.15, 0.2) is 0 Å². The first-order valence-corrected chi connectivity index (χ1v) is 8.90. The first-order chi connectivity index (χ1) is 10.7. The molecule has 0 aromatic heterocycles. The highest BCUT2D eigenvalue weighted by molar-refractivity contribution is 5.77. The average molecular weight is 310 g/mol. The van der Waals surface area contributed by atoms with Gasteiger partial charge in [-0.2, -0.15) is 0 Å². The summed E-state index contributed by atoms with van der Waals surface area (Å²) in [6.45, 7) is 4.21. The van der Waals surface area contributed by atoms with Crippen LogP contribution in [0.5, 0.6) is 0 Å². The van der Waals surface area contributed by atoms with E-state index in [9.17, 15) is 9.59 Å². The van der Waals surface area contributed by atoms with Gasteiger partial charge in [0, 0.05) is 19.6 Å². The van der Waals surface area contributed by atoms with E-state index in [-0.39, 0.29) is 17.9 Å². The number of nitrogens with one attached hydrogen (secondary N) is 1. The zero-order valence-electron chi connectivity index (χ0n) is 13.8. The molecular weight excluding hydrogens is 280 g/mol. The van der Waals surface area contributed by atoms with Crippen LogP contribution in [-0.4, -0.2) is 43.1 Å². The van der Waals surface area contributed by atoms with Gasteiger partial charge in [0.25, 0.3) is 0 Å². The highest BCUT2D eigenvalue weighted by atomic mass is 16.5. The van der Waals surface area contributed by atoms with E-state index < -0.39 is 0 Å². The van der Waals surface area contributed by atoms with Crippen LogP contribution < -0.4 is 5.32 Å². The first-order valence-electron chi connectivity index (χ1n) is 8.90. The Morgan fingerprint density at radius 1 is 1.14 bits per heavy atom. The fourth-order valence-electron chi connectivity index (χ4n) is 3.58. The molecule has 2 fully saturated rings. The fourth-order valence-corrected chi connectivity index (χ4v) is 3.58. The second-order valence-electron chi connectivity index (χ2n) is 6.56. The van der Waals surface area contributed by atoms with Gasteiger partial charge >= 0.3 is 12.0 Å². The summed E-state index contributed by atoms with van der Waals surface area (Å²) in [6.07, 6.45) is 9.45. The summed E-state index contributed by atoms with van der Waals surface area (Å²) in [5, 5.41) is 3.03. The van der Waals surface area contributed by atoms with Crippen molar-refractivity contribution in [2.75, 3.05) is 26.2 Å². The Labute approximate surface area is 133 Å². The van der Waals surface area contributed by atoms with Crippen LogP contribution in [-0.2, 0) is 9.53 Å². The van der Waals surface area contributed by atoms with Crippen molar-refractivity contribution in [3.63, 3.8) is 0 Å². The highest BCUT2D eigenvalue weighted by Gasteiger charge is 2.29. The summed E-state index contributed by atoms with van der Waals surface area (Å²) < 4.78 is 5.07. The Balaban J connectivity index is 1.68. The molecule has 1 atom stereocenters. The molecular formula is C17H30N2O3. The Kier molecular flexibility index (Phi) is 7.00. The monoisotopic (exact) mass is 310 g/mol. The van der Waals surface area contributed by atoms with E-state index >= 15 is 0 Å². The van der Waals surface area contributed by atoms with Crippen LogP contribution in [0, 0.1) is 11.8 Å². The number of urea groups is 1. The molecule has 1 heterocycles. The van der Waals surface area contributed by atoms with Crippen LogP contribution in [0.2, 0.25) is 0 Å². The van der Waals surface area contributed by atoms with Crippen molar-refractivity contribution in [2.45, 2.75) is 58.3 Å². The molecule has 1 aliphatic heterocycles. The third-order valence-corrected chi connectivity index (χ3v) is 4.88. The minimum atomic E-state index is -0.165. The van der Waals surface area contributed by atoms with Gasteiger partial charge in [-0.1, -0.05) is 32.1 Å². The molecule has 0 radical (unpaired) electrons. The first kappa shape index (κ1) is 17.1. The molecule has 1 unspecified atom stereocenters. The molecule has 22 heavy (non-hydrogen) atoms. The Morgan fingerprint density at radius 3 is 2.64 bits per heavy atom. The van der Waals surface area contributed by atoms with E-state index in [2.05, 4.69) is 5.32 Å². The quantitative estimate of drug-likeness (QED) is 0.794. The Morgan fingerprint density at radius 2 is 1.91 bits per heavy atom. The summed E-state index contributed by atoms with van der Waals surface area (Å²) in [5.74, 6) is 0.461. The number of carbonyl (C=O) groups excluding carboxylic acids is 2. The third kappa shape index (κ3) is 5.18. The summed E-state index contributed by atoms with van der Waals surface area (Å²) in [6, 6.07) is -0.0233. The topological polar surface area (TPSA) is 58.6 Å². The number of esters is 1. The van der Waals surface area contributed by atoms with Gasteiger partial charge in [-0.3, -0.25) is 4.79 Å². The number of piperidine rings is 1. The van der Waals surface area contributed by atoms with Crippen LogP contribution in [0.15, 0.2) is 0 Å². The molecule has 1 saturated heterocycles. The molecule has 1 saturated carbocycles. The number of rotatable bonds is 5. The van der Waals surface area contributed by atoms with E-state index in [1.54, 1.807) is 4.90 Å². The van der Waals surface area contributed by atoms with Crippen molar-refractivity contribution >= 4 is 12.0 Å². The van der Waals surface area contributed by atoms with Crippen molar-refractivity contribution in [1.82, 2.24) is 10.2 Å². The van der Waals surface area contributed by atoms with Crippen LogP contribution in [0.1, 0.15) is 58.3 Å². The molecule has 0 aromatic rings. The number of carbonyl (C=O) groups is 2. The van der Waals surface area contributed by atoms with Gasteiger partial charge in [-0.05, 0) is 32.1 Å². The molecule has 1 aliphatic carbocycles. The molecule has 5 heteroatoms. The number of hydrogen-bond donors (Lipinski definition) is 1. The smallest absolute Gasteiger partial charge is 0.317 e. The van der Waals surface area contributed by atoms with Crippen LogP contribution >= 0.6 is 0 Å². The predicted molar refractivity (Wildman–Crippen MR) is 85.5 cm³/mol. The van der Waals surface area contributed by atoms with Gasteiger partial charge in [-0.25, -0.2) is 4.79 Å². The number of hydrogen-bond acceptors (Lipinski definition) is 3. The second-order valence-corrected chi connectivity index (χ2v) is 6.56. The van der Waals surface area contributed by atoms with Gasteiger partial charge in [0.2, 0.25) is 0 Å². The number of nitrogens with zero attached hydrogens (tertiary/aromatic N) is 1. The van der Waals surface area contributed by atoms with Crippen molar-refractivity contribution in [2.24, 2.45) is 11.8 Å². The molecule has 0 spiro atoms. The van der Waals surface area contributed by atoms with Crippen molar-refractivity contribution in [1.29, 1.82) is 0 Å². The SMILES string of the molecule is CCOC(=O)C1CCCN(C(=O)NCCC2CCCCC2)C1. The lowest BCUT2D eigenvalue weighted by molar-refractivity contribution is -0.149. The Bertz CT molecular complexity index is 367. The van der Waals surface area contributed by atoms with Crippen molar-refractivity contribution in [3.05, 3.63) is 0 Å². The van der Waals surface area contributed by atoms with Crippen LogP contribution in [0.4, 0.5) is 4.79 Å². The number of ether oxygens (including phenoxy) is 1. The lowest BCUT2D eigenvalue weighted by Gasteiger charge is -2.31. The standard InChI is InChI=1S/C17H30N2O3/c1-2-22-16(20)15-9-6-12-19(13-15)17(21)18-11-10-14-7-4-3-5-8-14/h14-15H,2-13H2,1H3,(H,18,21). The lowest BCUT2D eigenvalue weighted by Crippen LogP contribution is -2.47. The number of likely N-dealkylation sites (tertiary alicyclic amines) is 1. The maximum absolute atomic E-state index is 12.2. The fraction of sp³-hybridized carbons (Fsp3) is 0.882. The summed E-state index contributed by atoms with van der Waals surface area (Å²) in [4.78, 5) is 25.8. The van der Waals surface area contributed by atoms with Gasteiger partial charge in [0.1, 0.15) is 0 Å². The van der Waals surface area contributed by atoms with E-state index in [1.165, 1.54) is 32.1 Å². The van der Waals surface area contributed by atoms with E-state index in [4.69, 9.17) is 4.74 Å². The average Bonchev–Trinajstić information content (AvgIpc) is 2.56. The van der Waals surface area contributed by atoms with Gasteiger partial charge in [-0.15, -0.1) is 0 Å². The van der Waals surface area contributed by atoms with Crippen molar-refractivity contribution in [3.8, 4) is 0 Å². The molecule has 126 valence electrons. The van der Waals surface area contributed by atoms with E-state index in [1.807, 2.05) is 6.92 Å². The summed E-state index contributed by atoms with van der Waals surface area (Å²) >= 11 is 0. The normalized spacial score (nSPS) is 23.1. The molecule has 2 aliphatic rings. The number of amides is 2. The maximum atomic E-state index is 12.2. The Hall–Kier alpha value is -1.26. The molecule has 0 bridgehead atoms. The third-order valence-electron chi connectivity index (χ3n) is 4.88. The van der Waals surface area contributed by atoms with Crippen LogP contribution in [0.3, 0.4) is 0 Å². The minimum Gasteiger partial charge on any atom is -0.466 e. The van der Waals surface area contributed by atoms with Gasteiger partial charge in [0.05, 0.1) is 12.5 Å². The second kappa shape index (κ2) is 9.01. The molecule has 2 amide bonds.